The van der Waals surface area contributed by atoms with Crippen molar-refractivity contribution in [3.8, 4) is 0 Å². The van der Waals surface area contributed by atoms with E-state index in [4.69, 9.17) is 7.85 Å². The number of hydrogen-bond acceptors (Lipinski definition) is 0. The van der Waals surface area contributed by atoms with Crippen molar-refractivity contribution in [2.75, 3.05) is 0 Å². The van der Waals surface area contributed by atoms with Gasteiger partial charge in [-0.2, -0.15) is 0 Å². The quantitative estimate of drug-likeness (QED) is 0.612. The van der Waals surface area contributed by atoms with Crippen molar-refractivity contribution < 1.29 is 0 Å². The minimum atomic E-state index is 0.223. The predicted octanol–water partition coefficient (Wildman–Crippen LogP) is 3.72. The molecular weight excluding hydrogens is 155 g/mol. The van der Waals surface area contributed by atoms with Crippen LogP contribution in [0.4, 0.5) is 0 Å². The fourth-order valence-electron chi connectivity index (χ4n) is 1.18. The number of rotatable bonds is 3. The molecular formula is C12H19B. The Morgan fingerprint density at radius 2 is 1.69 bits per heavy atom. The fraction of sp³-hybridized carbons (Fsp3) is 0.500. The predicted molar refractivity (Wildman–Crippen MR) is 61.2 cm³/mol. The average Bonchev–Trinajstić information content (AvgIpc) is 2.23. The standard InChI is InChI=1S/C10H13B.C2H6/c1-2-6-10(11)9-7-4-3-5-8-9;1-2/h3-5,7-8,10H,2,6H2,1H3;1-2H3/t10-;/m0./s1. The van der Waals surface area contributed by atoms with Crippen molar-refractivity contribution in [3.05, 3.63) is 35.9 Å². The number of hydrogen-bond donors (Lipinski definition) is 0. The first kappa shape index (κ1) is 12.3. The maximum atomic E-state index is 5.91. The van der Waals surface area contributed by atoms with E-state index in [1.54, 1.807) is 0 Å². The van der Waals surface area contributed by atoms with E-state index < -0.39 is 0 Å². The van der Waals surface area contributed by atoms with Gasteiger partial charge in [0, 0.05) is 0 Å². The molecule has 2 radical (unpaired) electrons. The van der Waals surface area contributed by atoms with Crippen LogP contribution in [-0.4, -0.2) is 7.85 Å². The van der Waals surface area contributed by atoms with Gasteiger partial charge >= 0.3 is 0 Å². The van der Waals surface area contributed by atoms with E-state index in [1.165, 1.54) is 5.56 Å². The summed E-state index contributed by atoms with van der Waals surface area (Å²) in [6.45, 7) is 6.16. The maximum absolute atomic E-state index is 5.91. The first-order valence-corrected chi connectivity index (χ1v) is 5.15. The van der Waals surface area contributed by atoms with Crippen LogP contribution in [0.15, 0.2) is 30.3 Å². The summed E-state index contributed by atoms with van der Waals surface area (Å²) in [4.78, 5) is 0. The van der Waals surface area contributed by atoms with Gasteiger partial charge in [0.05, 0.1) is 7.85 Å². The van der Waals surface area contributed by atoms with E-state index in [0.717, 1.165) is 12.8 Å². The maximum Gasteiger partial charge on any atom is 0.0763 e. The molecule has 0 bridgehead atoms. The molecule has 0 nitrogen and oxygen atoms in total. The summed E-state index contributed by atoms with van der Waals surface area (Å²) in [5.74, 6) is 0.223. The summed E-state index contributed by atoms with van der Waals surface area (Å²) in [5, 5.41) is 0. The van der Waals surface area contributed by atoms with Gasteiger partial charge in [-0.25, -0.2) is 0 Å². The van der Waals surface area contributed by atoms with Gasteiger partial charge in [0.1, 0.15) is 0 Å². The third-order valence-corrected chi connectivity index (χ3v) is 1.83. The average molecular weight is 174 g/mol. The summed E-state index contributed by atoms with van der Waals surface area (Å²) < 4.78 is 0. The topological polar surface area (TPSA) is 0 Å². The van der Waals surface area contributed by atoms with E-state index in [9.17, 15) is 0 Å². The summed E-state index contributed by atoms with van der Waals surface area (Å²) in [5.41, 5.74) is 1.24. The van der Waals surface area contributed by atoms with Gasteiger partial charge in [-0.15, -0.1) is 0 Å². The zero-order valence-corrected chi connectivity index (χ0v) is 8.96. The van der Waals surface area contributed by atoms with Crippen LogP contribution >= 0.6 is 0 Å². The second-order valence-electron chi connectivity index (χ2n) is 2.81. The first-order valence-electron chi connectivity index (χ1n) is 5.15. The van der Waals surface area contributed by atoms with Crippen LogP contribution in [0.3, 0.4) is 0 Å². The molecule has 0 saturated heterocycles. The molecule has 70 valence electrons. The summed E-state index contributed by atoms with van der Waals surface area (Å²) in [6, 6.07) is 10.2. The Labute approximate surface area is 83.8 Å². The van der Waals surface area contributed by atoms with Crippen molar-refractivity contribution in [1.29, 1.82) is 0 Å². The van der Waals surface area contributed by atoms with E-state index in [1.807, 2.05) is 32.0 Å². The lowest BCUT2D eigenvalue weighted by Gasteiger charge is -2.09. The molecule has 0 fully saturated rings. The van der Waals surface area contributed by atoms with Crippen LogP contribution in [0.1, 0.15) is 45.0 Å². The van der Waals surface area contributed by atoms with Gasteiger partial charge in [-0.3, -0.25) is 0 Å². The Morgan fingerprint density at radius 1 is 1.15 bits per heavy atom. The highest BCUT2D eigenvalue weighted by atomic mass is 14.0. The molecule has 1 aromatic carbocycles. The van der Waals surface area contributed by atoms with Gasteiger partial charge in [0.15, 0.2) is 0 Å². The fourth-order valence-corrected chi connectivity index (χ4v) is 1.18. The van der Waals surface area contributed by atoms with Crippen LogP contribution in [0.5, 0.6) is 0 Å². The van der Waals surface area contributed by atoms with Crippen molar-refractivity contribution in [1.82, 2.24) is 0 Å². The van der Waals surface area contributed by atoms with Gasteiger partial charge in [-0.05, 0) is 0 Å². The molecule has 0 spiro atoms. The lowest BCUT2D eigenvalue weighted by Crippen LogP contribution is -1.96. The smallest absolute Gasteiger partial charge is 0.0683 e. The van der Waals surface area contributed by atoms with Crippen molar-refractivity contribution in [3.63, 3.8) is 0 Å². The van der Waals surface area contributed by atoms with E-state index in [2.05, 4.69) is 19.1 Å². The first-order chi connectivity index (χ1) is 6.34. The molecule has 1 rings (SSSR count). The zero-order valence-electron chi connectivity index (χ0n) is 8.96. The number of benzene rings is 1. The normalized spacial score (nSPS) is 11.3. The zero-order chi connectivity index (χ0) is 10.1. The Balaban J connectivity index is 0.000000671. The highest BCUT2D eigenvalue weighted by Gasteiger charge is 2.00. The molecule has 0 saturated carbocycles. The molecule has 0 N–H and O–H groups in total. The SMILES string of the molecule is CC.[B][C@@H](CCC)c1ccccc1. The molecule has 1 aromatic rings. The molecule has 0 aliphatic carbocycles. The van der Waals surface area contributed by atoms with Gasteiger partial charge in [0.25, 0.3) is 0 Å². The van der Waals surface area contributed by atoms with Crippen LogP contribution in [0.2, 0.25) is 0 Å². The van der Waals surface area contributed by atoms with E-state index in [-0.39, 0.29) is 5.82 Å². The van der Waals surface area contributed by atoms with Crippen LogP contribution in [-0.2, 0) is 0 Å². The Bertz CT molecular complexity index is 194. The van der Waals surface area contributed by atoms with Gasteiger partial charge in [-0.1, -0.05) is 75.3 Å². The molecule has 0 amide bonds. The second kappa shape index (κ2) is 7.91. The monoisotopic (exact) mass is 174 g/mol. The van der Waals surface area contributed by atoms with Crippen molar-refractivity contribution in [2.24, 2.45) is 0 Å². The largest absolute Gasteiger partial charge is 0.0763 e. The molecule has 0 aromatic heterocycles. The Morgan fingerprint density at radius 3 is 2.15 bits per heavy atom. The van der Waals surface area contributed by atoms with E-state index >= 15 is 0 Å². The highest BCUT2D eigenvalue weighted by molar-refractivity contribution is 6.12. The third kappa shape index (κ3) is 4.77. The Kier molecular flexibility index (Phi) is 7.47. The van der Waals surface area contributed by atoms with E-state index in [0.29, 0.717) is 0 Å². The molecule has 13 heavy (non-hydrogen) atoms. The highest BCUT2D eigenvalue weighted by Crippen LogP contribution is 2.16. The lowest BCUT2D eigenvalue weighted by molar-refractivity contribution is 0.769. The summed E-state index contributed by atoms with van der Waals surface area (Å²) in [6.07, 6.45) is 2.22. The summed E-state index contributed by atoms with van der Waals surface area (Å²) in [7, 11) is 5.91. The van der Waals surface area contributed by atoms with Gasteiger partial charge < -0.3 is 0 Å². The third-order valence-electron chi connectivity index (χ3n) is 1.83. The minimum absolute atomic E-state index is 0.223. The molecule has 0 unspecified atom stereocenters. The molecule has 0 heterocycles. The van der Waals surface area contributed by atoms with Crippen molar-refractivity contribution >= 4 is 7.85 Å². The molecule has 0 aliphatic rings. The molecule has 1 heteroatoms. The van der Waals surface area contributed by atoms with Crippen LogP contribution in [0.25, 0.3) is 0 Å². The lowest BCUT2D eigenvalue weighted by atomic mass is 9.78. The minimum Gasteiger partial charge on any atom is -0.0683 e. The second-order valence-corrected chi connectivity index (χ2v) is 2.81. The summed E-state index contributed by atoms with van der Waals surface area (Å²) >= 11 is 0. The Hall–Kier alpha value is -0.715. The molecule has 0 aliphatic heterocycles. The van der Waals surface area contributed by atoms with Crippen LogP contribution < -0.4 is 0 Å². The van der Waals surface area contributed by atoms with Crippen molar-refractivity contribution in [2.45, 2.75) is 39.4 Å². The van der Waals surface area contributed by atoms with Crippen LogP contribution in [0, 0.1) is 0 Å². The van der Waals surface area contributed by atoms with Gasteiger partial charge in [0.2, 0.25) is 0 Å². The molecule has 1 atom stereocenters.